The smallest absolute Gasteiger partial charge is 0.325 e. The Bertz CT molecular complexity index is 306. The molecule has 1 N–H and O–H groups in total. The van der Waals surface area contributed by atoms with Crippen molar-refractivity contribution in [2.24, 2.45) is 11.8 Å². The van der Waals surface area contributed by atoms with Crippen LogP contribution in [0.15, 0.2) is 0 Å². The molecule has 16 heavy (non-hydrogen) atoms. The molecule has 2 aliphatic rings. The Morgan fingerprint density at radius 1 is 1.50 bits per heavy atom. The van der Waals surface area contributed by atoms with Crippen LogP contribution in [0.25, 0.3) is 0 Å². The number of hydrogen-bond donors (Lipinski definition) is 1. The molecule has 90 valence electrons. The summed E-state index contributed by atoms with van der Waals surface area (Å²) in [6, 6.07) is -0.137. The van der Waals surface area contributed by atoms with Crippen molar-refractivity contribution < 1.29 is 14.3 Å². The van der Waals surface area contributed by atoms with Gasteiger partial charge in [0.15, 0.2) is 0 Å². The lowest BCUT2D eigenvalue weighted by Crippen LogP contribution is -2.46. The number of nitrogens with one attached hydrogen (secondary N) is 1. The van der Waals surface area contributed by atoms with Gasteiger partial charge < -0.3 is 15.0 Å². The van der Waals surface area contributed by atoms with Crippen molar-refractivity contribution >= 4 is 11.9 Å². The molecule has 2 rings (SSSR count). The van der Waals surface area contributed by atoms with Crippen LogP contribution >= 0.6 is 0 Å². The number of fused-ring (bicyclic) bond motifs is 1. The van der Waals surface area contributed by atoms with Gasteiger partial charge in [-0.15, -0.1) is 0 Å². The fourth-order valence-electron chi connectivity index (χ4n) is 2.42. The Kier molecular flexibility index (Phi) is 3.14. The summed E-state index contributed by atoms with van der Waals surface area (Å²) < 4.78 is 4.61. The molecule has 5 heteroatoms. The molecule has 1 aliphatic carbocycles. The van der Waals surface area contributed by atoms with E-state index in [1.807, 2.05) is 0 Å². The van der Waals surface area contributed by atoms with E-state index in [9.17, 15) is 9.59 Å². The third kappa shape index (κ3) is 2.19. The van der Waals surface area contributed by atoms with Crippen molar-refractivity contribution in [3.63, 3.8) is 0 Å². The molecule has 1 saturated heterocycles. The minimum Gasteiger partial charge on any atom is -0.468 e. The van der Waals surface area contributed by atoms with E-state index in [2.05, 4.69) is 10.1 Å². The number of rotatable bonds is 3. The number of likely N-dealkylation sites (N-methyl/N-ethyl adjacent to an activating group) is 1. The van der Waals surface area contributed by atoms with E-state index in [1.165, 1.54) is 13.5 Å². The van der Waals surface area contributed by atoms with E-state index in [4.69, 9.17) is 0 Å². The standard InChI is InChI=1S/C11H18N2O3/c1-12-9-4-7-3-8(7)5-13(11(9)15)6-10(14)16-2/h7-9,12H,3-6H2,1-2H3. The van der Waals surface area contributed by atoms with Crippen LogP contribution < -0.4 is 5.32 Å². The van der Waals surface area contributed by atoms with E-state index in [1.54, 1.807) is 11.9 Å². The number of methoxy groups -OCH3 is 1. The highest BCUT2D eigenvalue weighted by Gasteiger charge is 2.45. The summed E-state index contributed by atoms with van der Waals surface area (Å²) in [7, 11) is 3.14. The maximum absolute atomic E-state index is 12.0. The Labute approximate surface area is 95.1 Å². The second-order valence-corrected chi connectivity index (χ2v) is 4.63. The molecule has 2 fully saturated rings. The van der Waals surface area contributed by atoms with Crippen LogP contribution in [0.5, 0.6) is 0 Å². The van der Waals surface area contributed by atoms with Gasteiger partial charge in [-0.05, 0) is 31.7 Å². The number of hydrogen-bond acceptors (Lipinski definition) is 4. The van der Waals surface area contributed by atoms with Crippen LogP contribution in [-0.4, -0.2) is 50.1 Å². The molecule has 1 aliphatic heterocycles. The Balaban J connectivity index is 2.03. The number of nitrogens with zero attached hydrogens (tertiary/aromatic N) is 1. The second kappa shape index (κ2) is 4.41. The topological polar surface area (TPSA) is 58.6 Å². The summed E-state index contributed by atoms with van der Waals surface area (Å²) >= 11 is 0. The highest BCUT2D eigenvalue weighted by Crippen LogP contribution is 2.44. The number of esters is 1. The van der Waals surface area contributed by atoms with E-state index in [0.717, 1.165) is 6.42 Å². The first-order chi connectivity index (χ1) is 7.65. The molecule has 0 spiro atoms. The molecule has 0 radical (unpaired) electrons. The molecule has 1 saturated carbocycles. The van der Waals surface area contributed by atoms with E-state index in [-0.39, 0.29) is 24.5 Å². The quantitative estimate of drug-likeness (QED) is 0.666. The molecule has 1 amide bonds. The van der Waals surface area contributed by atoms with Gasteiger partial charge in [0.2, 0.25) is 5.91 Å². The van der Waals surface area contributed by atoms with Crippen LogP contribution in [0.2, 0.25) is 0 Å². The van der Waals surface area contributed by atoms with E-state index >= 15 is 0 Å². The summed E-state index contributed by atoms with van der Waals surface area (Å²) in [6.45, 7) is 0.785. The zero-order chi connectivity index (χ0) is 11.7. The number of carbonyl (C=O) groups excluding carboxylic acids is 2. The van der Waals surface area contributed by atoms with Crippen LogP contribution in [0.4, 0.5) is 0 Å². The highest BCUT2D eigenvalue weighted by atomic mass is 16.5. The SMILES string of the molecule is CNC1CC2CC2CN(CC(=O)OC)C1=O. The van der Waals surface area contributed by atoms with Gasteiger partial charge in [0.25, 0.3) is 0 Å². The van der Waals surface area contributed by atoms with Crippen molar-refractivity contribution in [2.45, 2.75) is 18.9 Å². The third-order valence-corrected chi connectivity index (χ3v) is 3.57. The van der Waals surface area contributed by atoms with E-state index in [0.29, 0.717) is 18.4 Å². The molecule has 3 atom stereocenters. The van der Waals surface area contributed by atoms with Crippen molar-refractivity contribution in [3.05, 3.63) is 0 Å². The maximum Gasteiger partial charge on any atom is 0.325 e. The third-order valence-electron chi connectivity index (χ3n) is 3.57. The number of amides is 1. The van der Waals surface area contributed by atoms with Gasteiger partial charge in [0, 0.05) is 6.54 Å². The molecule has 0 aromatic heterocycles. The molecule has 1 heterocycles. The minimum atomic E-state index is -0.345. The first kappa shape index (κ1) is 11.4. The molecular weight excluding hydrogens is 208 g/mol. The van der Waals surface area contributed by atoms with E-state index < -0.39 is 0 Å². The predicted octanol–water partition coefficient (Wildman–Crippen LogP) is -0.384. The van der Waals surface area contributed by atoms with Gasteiger partial charge in [0.05, 0.1) is 13.2 Å². The van der Waals surface area contributed by atoms with Gasteiger partial charge in [0.1, 0.15) is 6.54 Å². The van der Waals surface area contributed by atoms with Crippen molar-refractivity contribution in [3.8, 4) is 0 Å². The van der Waals surface area contributed by atoms with Gasteiger partial charge in [-0.2, -0.15) is 0 Å². The average molecular weight is 226 g/mol. The lowest BCUT2D eigenvalue weighted by molar-refractivity contribution is -0.147. The van der Waals surface area contributed by atoms with Crippen molar-refractivity contribution in [1.29, 1.82) is 0 Å². The lowest BCUT2D eigenvalue weighted by atomic mass is 10.1. The van der Waals surface area contributed by atoms with Crippen LogP contribution in [0.1, 0.15) is 12.8 Å². The monoisotopic (exact) mass is 226 g/mol. The summed E-state index contributed by atoms with van der Waals surface area (Å²) in [6.07, 6.45) is 2.08. The average Bonchev–Trinajstić information content (AvgIpc) is 3.02. The van der Waals surface area contributed by atoms with Crippen LogP contribution in [0, 0.1) is 11.8 Å². The second-order valence-electron chi connectivity index (χ2n) is 4.63. The summed E-state index contributed by atoms with van der Waals surface area (Å²) in [4.78, 5) is 24.9. The number of likely N-dealkylation sites (tertiary alicyclic amines) is 1. The Hall–Kier alpha value is -1.10. The molecular formula is C11H18N2O3. The summed E-state index contributed by atoms with van der Waals surface area (Å²) in [5.41, 5.74) is 0. The van der Waals surface area contributed by atoms with Gasteiger partial charge in [-0.25, -0.2) is 0 Å². The highest BCUT2D eigenvalue weighted by molar-refractivity contribution is 5.86. The van der Waals surface area contributed by atoms with Crippen molar-refractivity contribution in [1.82, 2.24) is 10.2 Å². The first-order valence-corrected chi connectivity index (χ1v) is 5.68. The summed E-state index contributed by atoms with van der Waals surface area (Å²) in [5.74, 6) is 0.929. The fourth-order valence-corrected chi connectivity index (χ4v) is 2.42. The van der Waals surface area contributed by atoms with Crippen LogP contribution in [-0.2, 0) is 14.3 Å². The van der Waals surface area contributed by atoms with Gasteiger partial charge in [-0.1, -0.05) is 0 Å². The molecule has 5 nitrogen and oxygen atoms in total. The first-order valence-electron chi connectivity index (χ1n) is 5.68. The molecule has 0 aromatic rings. The molecule has 0 bridgehead atoms. The number of ether oxygens (including phenoxy) is 1. The molecule has 3 unspecified atom stereocenters. The molecule has 0 aromatic carbocycles. The minimum absolute atomic E-state index is 0.0279. The number of carbonyl (C=O) groups is 2. The largest absolute Gasteiger partial charge is 0.468 e. The zero-order valence-electron chi connectivity index (χ0n) is 9.73. The normalized spacial score (nSPS) is 33.0. The zero-order valence-corrected chi connectivity index (χ0v) is 9.73. The lowest BCUT2D eigenvalue weighted by Gasteiger charge is -2.24. The van der Waals surface area contributed by atoms with Crippen LogP contribution in [0.3, 0.4) is 0 Å². The Morgan fingerprint density at radius 2 is 2.25 bits per heavy atom. The van der Waals surface area contributed by atoms with Gasteiger partial charge in [-0.3, -0.25) is 9.59 Å². The summed E-state index contributed by atoms with van der Waals surface area (Å²) in [5, 5.41) is 3.03. The predicted molar refractivity (Wildman–Crippen MR) is 57.7 cm³/mol. The Morgan fingerprint density at radius 3 is 2.88 bits per heavy atom. The van der Waals surface area contributed by atoms with Crippen molar-refractivity contribution in [2.75, 3.05) is 27.2 Å². The van der Waals surface area contributed by atoms with Gasteiger partial charge >= 0.3 is 5.97 Å². The fraction of sp³-hybridized carbons (Fsp3) is 0.818. The maximum atomic E-state index is 12.0.